The third kappa shape index (κ3) is 4.56. The van der Waals surface area contributed by atoms with Gasteiger partial charge < -0.3 is 15.4 Å². The number of ether oxygens (including phenoxy) is 1. The predicted molar refractivity (Wildman–Crippen MR) is 122 cm³/mol. The normalized spacial score (nSPS) is 15.9. The van der Waals surface area contributed by atoms with Crippen molar-refractivity contribution in [1.82, 2.24) is 14.7 Å². The number of hydrogen-bond acceptors (Lipinski definition) is 4. The van der Waals surface area contributed by atoms with Gasteiger partial charge in [0.25, 0.3) is 5.91 Å². The van der Waals surface area contributed by atoms with E-state index in [1.54, 1.807) is 15.8 Å². The summed E-state index contributed by atoms with van der Waals surface area (Å²) in [6.45, 7) is 6.81. The first kappa shape index (κ1) is 21.4. The Hall–Kier alpha value is -3.87. The Bertz CT molecular complexity index is 1130. The lowest BCUT2D eigenvalue weighted by Gasteiger charge is -2.32. The molecule has 0 saturated carbocycles. The van der Waals surface area contributed by atoms with Crippen molar-refractivity contribution in [2.75, 3.05) is 13.1 Å². The second-order valence-electron chi connectivity index (χ2n) is 7.96. The highest BCUT2D eigenvalue weighted by molar-refractivity contribution is 5.98. The summed E-state index contributed by atoms with van der Waals surface area (Å²) in [4.78, 5) is 25.9. The summed E-state index contributed by atoms with van der Waals surface area (Å²) in [6.07, 6.45) is 4.73. The van der Waals surface area contributed by atoms with Crippen molar-refractivity contribution in [3.63, 3.8) is 0 Å². The van der Waals surface area contributed by atoms with E-state index in [0.29, 0.717) is 30.1 Å². The van der Waals surface area contributed by atoms with Gasteiger partial charge in [-0.05, 0) is 62.2 Å². The quantitative estimate of drug-likeness (QED) is 0.596. The molecule has 0 aliphatic carbocycles. The molecule has 2 heterocycles. The number of hydrogen-bond donors (Lipinski definition) is 1. The number of amides is 2. The molecule has 1 atom stereocenters. The third-order valence-electron chi connectivity index (χ3n) is 5.64. The number of nitrogens with two attached hydrogens (primary N) is 1. The van der Waals surface area contributed by atoms with E-state index in [9.17, 15) is 9.59 Å². The molecule has 2 aromatic carbocycles. The lowest BCUT2D eigenvalue weighted by atomic mass is 10.1. The molecule has 3 aromatic rings. The van der Waals surface area contributed by atoms with E-state index in [2.05, 4.69) is 11.7 Å². The molecule has 0 bridgehead atoms. The summed E-state index contributed by atoms with van der Waals surface area (Å²) in [6, 6.07) is 15.2. The number of rotatable bonds is 6. The van der Waals surface area contributed by atoms with Gasteiger partial charge >= 0.3 is 0 Å². The van der Waals surface area contributed by atoms with Crippen molar-refractivity contribution in [2.45, 2.75) is 25.8 Å². The molecule has 164 valence electrons. The minimum atomic E-state index is -0.541. The largest absolute Gasteiger partial charge is 0.457 e. The van der Waals surface area contributed by atoms with Gasteiger partial charge in [-0.1, -0.05) is 24.3 Å². The van der Waals surface area contributed by atoms with Crippen molar-refractivity contribution in [3.8, 4) is 22.8 Å². The maximum atomic E-state index is 12.1. The number of carbonyl (C=O) groups excluding carboxylic acids is 2. The molecule has 0 radical (unpaired) electrons. The van der Waals surface area contributed by atoms with Gasteiger partial charge in [-0.15, -0.1) is 0 Å². The Morgan fingerprint density at radius 2 is 1.78 bits per heavy atom. The molecule has 1 aliphatic heterocycles. The second kappa shape index (κ2) is 9.09. The number of primary amides is 1. The number of aromatic nitrogens is 2. The Kier molecular flexibility index (Phi) is 6.07. The molecule has 0 spiro atoms. The average Bonchev–Trinajstić information content (AvgIpc) is 3.27. The van der Waals surface area contributed by atoms with E-state index >= 15 is 0 Å². The Balaban J connectivity index is 1.57. The summed E-state index contributed by atoms with van der Waals surface area (Å²) in [5, 5.41) is 4.68. The number of aryl methyl sites for hydroxylation is 1. The topological polar surface area (TPSA) is 90.5 Å². The molecule has 7 heteroatoms. The van der Waals surface area contributed by atoms with Gasteiger partial charge in [0.05, 0.1) is 11.6 Å². The fourth-order valence-corrected chi connectivity index (χ4v) is 3.90. The average molecular weight is 431 g/mol. The van der Waals surface area contributed by atoms with Crippen LogP contribution in [-0.2, 0) is 4.79 Å². The van der Waals surface area contributed by atoms with Crippen molar-refractivity contribution < 1.29 is 14.3 Å². The molecule has 1 fully saturated rings. The van der Waals surface area contributed by atoms with E-state index < -0.39 is 5.91 Å². The maximum absolute atomic E-state index is 12.1. The minimum absolute atomic E-state index is 0.0244. The van der Waals surface area contributed by atoms with Crippen LogP contribution in [0.15, 0.2) is 67.4 Å². The van der Waals surface area contributed by atoms with E-state index in [0.717, 1.165) is 29.7 Å². The van der Waals surface area contributed by atoms with Crippen molar-refractivity contribution in [1.29, 1.82) is 0 Å². The zero-order valence-corrected chi connectivity index (χ0v) is 18.0. The van der Waals surface area contributed by atoms with Gasteiger partial charge in [-0.2, -0.15) is 5.10 Å². The Labute approximate surface area is 187 Å². The summed E-state index contributed by atoms with van der Waals surface area (Å²) in [7, 11) is 0. The summed E-state index contributed by atoms with van der Waals surface area (Å²) in [5.41, 5.74) is 8.44. The van der Waals surface area contributed by atoms with E-state index in [-0.39, 0.29) is 11.9 Å². The van der Waals surface area contributed by atoms with Gasteiger partial charge in [0.2, 0.25) is 5.91 Å². The van der Waals surface area contributed by atoms with E-state index in [1.807, 2.05) is 55.5 Å². The van der Waals surface area contributed by atoms with Gasteiger partial charge in [0.1, 0.15) is 17.2 Å². The van der Waals surface area contributed by atoms with Crippen LogP contribution in [0.4, 0.5) is 0 Å². The molecule has 1 unspecified atom stereocenters. The highest BCUT2D eigenvalue weighted by Crippen LogP contribution is 2.29. The van der Waals surface area contributed by atoms with Crippen LogP contribution in [0.3, 0.4) is 0 Å². The molecule has 7 nitrogen and oxygen atoms in total. The van der Waals surface area contributed by atoms with Gasteiger partial charge in [0.15, 0.2) is 0 Å². The second-order valence-corrected chi connectivity index (χ2v) is 7.96. The lowest BCUT2D eigenvalue weighted by molar-refractivity contribution is -0.127. The first-order valence-corrected chi connectivity index (χ1v) is 10.6. The highest BCUT2D eigenvalue weighted by atomic mass is 16.5. The van der Waals surface area contributed by atoms with Crippen LogP contribution in [-0.4, -0.2) is 39.6 Å². The fourth-order valence-electron chi connectivity index (χ4n) is 3.90. The van der Waals surface area contributed by atoms with Crippen molar-refractivity contribution in [2.24, 2.45) is 5.73 Å². The maximum Gasteiger partial charge on any atom is 0.252 e. The van der Waals surface area contributed by atoms with Crippen molar-refractivity contribution in [3.05, 3.63) is 78.5 Å². The number of carbonyl (C=O) groups is 2. The summed E-state index contributed by atoms with van der Waals surface area (Å²) < 4.78 is 7.64. The first-order valence-electron chi connectivity index (χ1n) is 10.6. The third-order valence-corrected chi connectivity index (χ3v) is 5.64. The standard InChI is InChI=1S/C25H26N4O3/c1-3-23(30)28-14-4-5-19(15-28)29-16-22(25(26)31)24(27-29)18-8-12-21(13-9-18)32-20-10-6-17(2)7-11-20/h3,6-13,16,19H,1,4-5,14-15H2,2H3,(H2,26,31). The van der Waals surface area contributed by atoms with Crippen molar-refractivity contribution >= 4 is 11.8 Å². The van der Waals surface area contributed by atoms with Crippen LogP contribution in [0.1, 0.15) is 34.8 Å². The summed E-state index contributed by atoms with van der Waals surface area (Å²) in [5.74, 6) is 0.798. The lowest BCUT2D eigenvalue weighted by Crippen LogP contribution is -2.40. The zero-order valence-electron chi connectivity index (χ0n) is 18.0. The number of likely N-dealkylation sites (tertiary alicyclic amines) is 1. The molecule has 1 aliphatic rings. The molecule has 1 aromatic heterocycles. The van der Waals surface area contributed by atoms with Gasteiger partial charge in [-0.25, -0.2) is 0 Å². The molecule has 2 N–H and O–H groups in total. The van der Waals surface area contributed by atoms with Crippen LogP contribution in [0, 0.1) is 6.92 Å². The molecular weight excluding hydrogens is 404 g/mol. The predicted octanol–water partition coefficient (Wildman–Crippen LogP) is 4.10. The smallest absolute Gasteiger partial charge is 0.252 e. The van der Waals surface area contributed by atoms with Gasteiger partial charge in [0, 0.05) is 24.8 Å². The number of nitrogens with zero attached hydrogens (tertiary/aromatic N) is 3. The van der Waals surface area contributed by atoms with Crippen LogP contribution in [0.5, 0.6) is 11.5 Å². The van der Waals surface area contributed by atoms with E-state index in [4.69, 9.17) is 10.5 Å². The first-order chi connectivity index (χ1) is 15.4. The van der Waals surface area contributed by atoms with Crippen LogP contribution in [0.25, 0.3) is 11.3 Å². The van der Waals surface area contributed by atoms with Crippen LogP contribution in [0.2, 0.25) is 0 Å². The fraction of sp³-hybridized carbons (Fsp3) is 0.240. The molecule has 4 rings (SSSR count). The zero-order chi connectivity index (χ0) is 22.7. The summed E-state index contributed by atoms with van der Waals surface area (Å²) >= 11 is 0. The highest BCUT2D eigenvalue weighted by Gasteiger charge is 2.26. The Morgan fingerprint density at radius 1 is 1.12 bits per heavy atom. The minimum Gasteiger partial charge on any atom is -0.457 e. The SMILES string of the molecule is C=CC(=O)N1CCCC(n2cc(C(N)=O)c(-c3ccc(Oc4ccc(C)cc4)cc3)n2)C1. The Morgan fingerprint density at radius 3 is 2.41 bits per heavy atom. The van der Waals surface area contributed by atoms with Gasteiger partial charge in [-0.3, -0.25) is 14.3 Å². The number of benzene rings is 2. The number of piperidine rings is 1. The molecule has 1 saturated heterocycles. The molecule has 32 heavy (non-hydrogen) atoms. The molecule has 2 amide bonds. The molecular formula is C25H26N4O3. The monoisotopic (exact) mass is 430 g/mol. The van der Waals surface area contributed by atoms with E-state index in [1.165, 1.54) is 6.08 Å². The van der Waals surface area contributed by atoms with Crippen LogP contribution < -0.4 is 10.5 Å². The van der Waals surface area contributed by atoms with Crippen LogP contribution >= 0.6 is 0 Å².